The van der Waals surface area contributed by atoms with Crippen LogP contribution in [-0.4, -0.2) is 48.1 Å². The van der Waals surface area contributed by atoms with Crippen LogP contribution in [0.2, 0.25) is 0 Å². The average Bonchev–Trinajstić information content (AvgIpc) is 2.23. The lowest BCUT2D eigenvalue weighted by atomic mass is 10.1. The highest BCUT2D eigenvalue weighted by atomic mass is 16.5. The van der Waals surface area contributed by atoms with Gasteiger partial charge < -0.3 is 15.0 Å². The number of rotatable bonds is 5. The first-order valence-electron chi connectivity index (χ1n) is 6.55. The molecule has 1 fully saturated rings. The largest absolute Gasteiger partial charge is 0.374 e. The fourth-order valence-electron chi connectivity index (χ4n) is 1.91. The molecular weight excluding hydrogens is 232 g/mol. The standard InChI is InChI=1S/C13H24N2O3/c1-5-6-10-12(17)15(9-11(16)14-10)7-8-18-13(2,3)4/h10H,5-9H2,1-4H3,(H,14,16). The fraction of sp³-hybridized carbons (Fsp3) is 0.846. The van der Waals surface area contributed by atoms with Crippen molar-refractivity contribution in [3.05, 3.63) is 0 Å². The summed E-state index contributed by atoms with van der Waals surface area (Å²) in [6, 6.07) is -0.356. The summed E-state index contributed by atoms with van der Waals surface area (Å²) in [6.07, 6.45) is 1.57. The number of hydrogen-bond donors (Lipinski definition) is 1. The number of piperazine rings is 1. The zero-order valence-corrected chi connectivity index (χ0v) is 11.8. The number of hydrogen-bond acceptors (Lipinski definition) is 3. The second-order valence-corrected chi connectivity index (χ2v) is 5.63. The second kappa shape index (κ2) is 6.18. The van der Waals surface area contributed by atoms with Gasteiger partial charge in [0, 0.05) is 6.54 Å². The molecule has 1 aliphatic heterocycles. The van der Waals surface area contributed by atoms with Crippen LogP contribution in [0.4, 0.5) is 0 Å². The summed E-state index contributed by atoms with van der Waals surface area (Å²) in [4.78, 5) is 25.2. The second-order valence-electron chi connectivity index (χ2n) is 5.63. The third kappa shape index (κ3) is 4.64. The molecule has 0 aromatic rings. The van der Waals surface area contributed by atoms with Gasteiger partial charge in [-0.05, 0) is 27.2 Å². The topological polar surface area (TPSA) is 58.6 Å². The highest BCUT2D eigenvalue weighted by molar-refractivity contribution is 5.94. The molecule has 1 saturated heterocycles. The van der Waals surface area contributed by atoms with Gasteiger partial charge in [-0.3, -0.25) is 9.59 Å². The van der Waals surface area contributed by atoms with E-state index >= 15 is 0 Å². The molecule has 1 N–H and O–H groups in total. The molecule has 1 heterocycles. The number of nitrogens with one attached hydrogen (secondary N) is 1. The van der Waals surface area contributed by atoms with Crippen molar-refractivity contribution in [2.45, 2.75) is 52.2 Å². The average molecular weight is 256 g/mol. The maximum absolute atomic E-state index is 12.1. The van der Waals surface area contributed by atoms with E-state index in [0.29, 0.717) is 19.6 Å². The molecular formula is C13H24N2O3. The lowest BCUT2D eigenvalue weighted by Crippen LogP contribution is -2.58. The summed E-state index contributed by atoms with van der Waals surface area (Å²) in [5.41, 5.74) is -0.218. The number of carbonyl (C=O) groups is 2. The Morgan fingerprint density at radius 2 is 2.06 bits per heavy atom. The summed E-state index contributed by atoms with van der Waals surface area (Å²) in [6.45, 7) is 8.99. The van der Waals surface area contributed by atoms with Crippen LogP contribution in [0.5, 0.6) is 0 Å². The molecule has 0 saturated carbocycles. The third-order valence-electron chi connectivity index (χ3n) is 2.75. The van der Waals surface area contributed by atoms with E-state index in [1.165, 1.54) is 0 Å². The van der Waals surface area contributed by atoms with Gasteiger partial charge in [-0.1, -0.05) is 13.3 Å². The van der Waals surface area contributed by atoms with Crippen LogP contribution in [0.1, 0.15) is 40.5 Å². The first-order valence-corrected chi connectivity index (χ1v) is 6.55. The van der Waals surface area contributed by atoms with Crippen molar-refractivity contribution < 1.29 is 14.3 Å². The minimum atomic E-state index is -0.356. The zero-order valence-electron chi connectivity index (χ0n) is 11.8. The molecule has 18 heavy (non-hydrogen) atoms. The predicted molar refractivity (Wildman–Crippen MR) is 69.1 cm³/mol. The van der Waals surface area contributed by atoms with Gasteiger partial charge >= 0.3 is 0 Å². The minimum absolute atomic E-state index is 0.00830. The van der Waals surface area contributed by atoms with Gasteiger partial charge in [0.2, 0.25) is 11.8 Å². The van der Waals surface area contributed by atoms with E-state index in [9.17, 15) is 9.59 Å². The van der Waals surface area contributed by atoms with E-state index in [1.54, 1.807) is 4.90 Å². The van der Waals surface area contributed by atoms with Crippen molar-refractivity contribution in [1.29, 1.82) is 0 Å². The monoisotopic (exact) mass is 256 g/mol. The number of amides is 2. The predicted octanol–water partition coefficient (Wildman–Crippen LogP) is 0.929. The van der Waals surface area contributed by atoms with Gasteiger partial charge in [0.1, 0.15) is 6.04 Å². The molecule has 0 radical (unpaired) electrons. The van der Waals surface area contributed by atoms with Crippen LogP contribution in [-0.2, 0) is 14.3 Å². The fourth-order valence-corrected chi connectivity index (χ4v) is 1.91. The maximum atomic E-state index is 12.1. The van der Waals surface area contributed by atoms with Gasteiger partial charge in [0.25, 0.3) is 0 Å². The molecule has 1 atom stereocenters. The van der Waals surface area contributed by atoms with Crippen LogP contribution < -0.4 is 5.32 Å². The Bertz CT molecular complexity index is 310. The Morgan fingerprint density at radius 1 is 1.39 bits per heavy atom. The van der Waals surface area contributed by atoms with E-state index in [2.05, 4.69) is 5.32 Å². The van der Waals surface area contributed by atoms with E-state index < -0.39 is 0 Å². The van der Waals surface area contributed by atoms with Crippen LogP contribution in [0.15, 0.2) is 0 Å². The molecule has 0 aromatic carbocycles. The first kappa shape index (κ1) is 15.0. The zero-order chi connectivity index (χ0) is 13.8. The molecule has 0 aliphatic carbocycles. The Kier molecular flexibility index (Phi) is 5.14. The van der Waals surface area contributed by atoms with Gasteiger partial charge in [0.15, 0.2) is 0 Å². The smallest absolute Gasteiger partial charge is 0.245 e. The summed E-state index contributed by atoms with van der Waals surface area (Å²) < 4.78 is 5.59. The molecule has 1 rings (SSSR count). The highest BCUT2D eigenvalue weighted by Crippen LogP contribution is 2.10. The molecule has 0 bridgehead atoms. The van der Waals surface area contributed by atoms with E-state index in [1.807, 2.05) is 27.7 Å². The molecule has 104 valence electrons. The summed E-state index contributed by atoms with van der Waals surface area (Å²) in [7, 11) is 0. The minimum Gasteiger partial charge on any atom is -0.374 e. The summed E-state index contributed by atoms with van der Waals surface area (Å²) >= 11 is 0. The number of carbonyl (C=O) groups excluding carboxylic acids is 2. The van der Waals surface area contributed by atoms with Crippen molar-refractivity contribution in [1.82, 2.24) is 10.2 Å². The van der Waals surface area contributed by atoms with Crippen molar-refractivity contribution >= 4 is 11.8 Å². The van der Waals surface area contributed by atoms with Crippen molar-refractivity contribution in [2.75, 3.05) is 19.7 Å². The number of nitrogens with zero attached hydrogens (tertiary/aromatic N) is 1. The van der Waals surface area contributed by atoms with Gasteiger partial charge in [-0.2, -0.15) is 0 Å². The van der Waals surface area contributed by atoms with Gasteiger partial charge in [-0.15, -0.1) is 0 Å². The molecule has 0 aromatic heterocycles. The van der Waals surface area contributed by atoms with E-state index in [4.69, 9.17) is 4.74 Å². The molecule has 5 nitrogen and oxygen atoms in total. The molecule has 1 unspecified atom stereocenters. The number of ether oxygens (including phenoxy) is 1. The third-order valence-corrected chi connectivity index (χ3v) is 2.75. The summed E-state index contributed by atoms with van der Waals surface area (Å²) in [5, 5.41) is 2.73. The molecule has 1 aliphatic rings. The molecule has 2 amide bonds. The normalized spacial score (nSPS) is 21.1. The van der Waals surface area contributed by atoms with E-state index in [-0.39, 0.29) is 30.0 Å². The SMILES string of the molecule is CCCC1NC(=O)CN(CCOC(C)(C)C)C1=O. The Labute approximate surface area is 109 Å². The Morgan fingerprint density at radius 3 is 2.61 bits per heavy atom. The maximum Gasteiger partial charge on any atom is 0.245 e. The van der Waals surface area contributed by atoms with Crippen molar-refractivity contribution in [3.8, 4) is 0 Å². The van der Waals surface area contributed by atoms with Crippen LogP contribution in [0.3, 0.4) is 0 Å². The van der Waals surface area contributed by atoms with E-state index in [0.717, 1.165) is 6.42 Å². The van der Waals surface area contributed by atoms with Crippen LogP contribution in [0, 0.1) is 0 Å². The molecule has 5 heteroatoms. The molecule has 0 spiro atoms. The highest BCUT2D eigenvalue weighted by Gasteiger charge is 2.31. The van der Waals surface area contributed by atoms with Gasteiger partial charge in [-0.25, -0.2) is 0 Å². The Balaban J connectivity index is 2.48. The quantitative estimate of drug-likeness (QED) is 0.796. The lowest BCUT2D eigenvalue weighted by Gasteiger charge is -2.33. The van der Waals surface area contributed by atoms with Crippen molar-refractivity contribution in [2.24, 2.45) is 0 Å². The summed E-state index contributed by atoms with van der Waals surface area (Å²) in [5.74, 6) is -0.0715. The first-order chi connectivity index (χ1) is 8.33. The lowest BCUT2D eigenvalue weighted by molar-refractivity contribution is -0.145. The Hall–Kier alpha value is -1.10. The van der Waals surface area contributed by atoms with Gasteiger partial charge in [0.05, 0.1) is 18.8 Å². The van der Waals surface area contributed by atoms with Crippen LogP contribution in [0.25, 0.3) is 0 Å². The van der Waals surface area contributed by atoms with Crippen LogP contribution >= 0.6 is 0 Å². The van der Waals surface area contributed by atoms with Crippen molar-refractivity contribution in [3.63, 3.8) is 0 Å².